The Labute approximate surface area is 137 Å². The average Bonchev–Trinajstić information content (AvgIpc) is 2.63. The normalized spacial score (nSPS) is 27.8. The lowest BCUT2D eigenvalue weighted by Gasteiger charge is -2.42. The Balaban J connectivity index is 1.76. The third-order valence-electron chi connectivity index (χ3n) is 5.17. The van der Waals surface area contributed by atoms with Crippen LogP contribution in [0.4, 0.5) is 0 Å². The molecule has 2 aliphatic heterocycles. The lowest BCUT2D eigenvalue weighted by molar-refractivity contribution is 0.00572. The molecule has 0 radical (unpaired) electrons. The Bertz CT molecular complexity index is 337. The van der Waals surface area contributed by atoms with Crippen molar-refractivity contribution < 1.29 is 4.74 Å². The number of rotatable bonds is 2. The Morgan fingerprint density at radius 1 is 0.773 bits per heavy atom. The van der Waals surface area contributed by atoms with Crippen molar-refractivity contribution in [1.82, 2.24) is 14.7 Å². The molecule has 0 N–H and O–H groups in total. The zero-order chi connectivity index (χ0) is 16.4. The van der Waals surface area contributed by atoms with E-state index in [-0.39, 0.29) is 5.54 Å². The molecule has 0 aromatic heterocycles. The van der Waals surface area contributed by atoms with Gasteiger partial charge in [0.2, 0.25) is 0 Å². The summed E-state index contributed by atoms with van der Waals surface area (Å²) >= 11 is 0. The van der Waals surface area contributed by atoms with Gasteiger partial charge in [-0.15, -0.1) is 0 Å². The molecule has 1 atom stereocenters. The Hall–Kier alpha value is -0.160. The summed E-state index contributed by atoms with van der Waals surface area (Å²) in [7, 11) is 0. The second-order valence-corrected chi connectivity index (χ2v) is 8.90. The first-order chi connectivity index (χ1) is 10.2. The molecule has 2 rings (SSSR count). The highest BCUT2D eigenvalue weighted by molar-refractivity contribution is 4.84. The predicted molar refractivity (Wildman–Crippen MR) is 93.4 cm³/mol. The van der Waals surface area contributed by atoms with Gasteiger partial charge in [0.15, 0.2) is 0 Å². The van der Waals surface area contributed by atoms with Gasteiger partial charge in [-0.25, -0.2) is 0 Å². The lowest BCUT2D eigenvalue weighted by atomic mass is 10.0. The van der Waals surface area contributed by atoms with Crippen molar-refractivity contribution in [2.24, 2.45) is 0 Å². The van der Waals surface area contributed by atoms with Crippen molar-refractivity contribution in [1.29, 1.82) is 0 Å². The van der Waals surface area contributed by atoms with Gasteiger partial charge >= 0.3 is 0 Å². The second-order valence-electron chi connectivity index (χ2n) is 8.90. The molecule has 2 fully saturated rings. The lowest BCUT2D eigenvalue weighted by Crippen LogP contribution is -2.54. The first-order valence-corrected chi connectivity index (χ1v) is 9.00. The van der Waals surface area contributed by atoms with Crippen LogP contribution in [-0.2, 0) is 4.74 Å². The summed E-state index contributed by atoms with van der Waals surface area (Å²) < 4.78 is 6.13. The number of nitrogens with zero attached hydrogens (tertiary/aromatic N) is 3. The Kier molecular flexibility index (Phi) is 5.92. The van der Waals surface area contributed by atoms with Crippen molar-refractivity contribution in [3.63, 3.8) is 0 Å². The molecule has 0 bridgehead atoms. The standard InChI is InChI=1S/C18H37N3O/c1-17(2,3)20-8-7-16(22-14-13-20)15-19-9-11-21(12-10-19)18(4,5)6/h16H,7-15H2,1-6H3. The molecule has 0 aromatic rings. The fourth-order valence-electron chi connectivity index (χ4n) is 3.53. The fourth-order valence-corrected chi connectivity index (χ4v) is 3.53. The molecule has 1 unspecified atom stereocenters. The maximum Gasteiger partial charge on any atom is 0.0714 e. The summed E-state index contributed by atoms with van der Waals surface area (Å²) in [5.74, 6) is 0. The van der Waals surface area contributed by atoms with Gasteiger partial charge in [-0.1, -0.05) is 0 Å². The number of piperazine rings is 1. The predicted octanol–water partition coefficient (Wildman–Crippen LogP) is 2.29. The van der Waals surface area contributed by atoms with E-state index in [1.165, 1.54) is 26.2 Å². The third kappa shape index (κ3) is 5.19. The maximum absolute atomic E-state index is 6.13. The van der Waals surface area contributed by atoms with Crippen molar-refractivity contribution in [2.75, 3.05) is 52.4 Å². The van der Waals surface area contributed by atoms with E-state index in [0.717, 1.165) is 32.7 Å². The summed E-state index contributed by atoms with van der Waals surface area (Å²) in [6, 6.07) is 0. The largest absolute Gasteiger partial charge is 0.376 e. The molecule has 4 nitrogen and oxygen atoms in total. The van der Waals surface area contributed by atoms with E-state index in [1.807, 2.05) is 0 Å². The van der Waals surface area contributed by atoms with Crippen LogP contribution >= 0.6 is 0 Å². The van der Waals surface area contributed by atoms with Crippen LogP contribution in [0.1, 0.15) is 48.0 Å². The quantitative estimate of drug-likeness (QED) is 0.779. The second kappa shape index (κ2) is 7.16. The van der Waals surface area contributed by atoms with Crippen LogP contribution in [0.3, 0.4) is 0 Å². The van der Waals surface area contributed by atoms with E-state index in [1.54, 1.807) is 0 Å². The van der Waals surface area contributed by atoms with E-state index in [4.69, 9.17) is 4.74 Å². The molecule has 0 spiro atoms. The molecule has 4 heteroatoms. The monoisotopic (exact) mass is 311 g/mol. The Morgan fingerprint density at radius 2 is 1.32 bits per heavy atom. The van der Waals surface area contributed by atoms with Crippen LogP contribution in [-0.4, -0.2) is 84.3 Å². The van der Waals surface area contributed by atoms with Crippen molar-refractivity contribution in [3.8, 4) is 0 Å². The molecule has 2 aliphatic rings. The molecule has 0 aromatic carbocycles. The molecular formula is C18H37N3O. The highest BCUT2D eigenvalue weighted by atomic mass is 16.5. The van der Waals surface area contributed by atoms with Crippen LogP contribution in [0.5, 0.6) is 0 Å². The number of hydrogen-bond donors (Lipinski definition) is 0. The van der Waals surface area contributed by atoms with E-state index in [0.29, 0.717) is 11.6 Å². The minimum atomic E-state index is 0.261. The Morgan fingerprint density at radius 3 is 1.86 bits per heavy atom. The zero-order valence-corrected chi connectivity index (χ0v) is 15.7. The minimum absolute atomic E-state index is 0.261. The molecular weight excluding hydrogens is 274 g/mol. The molecule has 2 saturated heterocycles. The van der Waals surface area contributed by atoms with Gasteiger partial charge in [-0.3, -0.25) is 14.7 Å². The number of hydrogen-bond acceptors (Lipinski definition) is 4. The zero-order valence-electron chi connectivity index (χ0n) is 15.7. The average molecular weight is 312 g/mol. The van der Waals surface area contributed by atoms with E-state index >= 15 is 0 Å². The van der Waals surface area contributed by atoms with Gasteiger partial charge in [-0.05, 0) is 48.0 Å². The fraction of sp³-hybridized carbons (Fsp3) is 1.00. The van der Waals surface area contributed by atoms with E-state index in [9.17, 15) is 0 Å². The van der Waals surface area contributed by atoms with E-state index < -0.39 is 0 Å². The molecule has 0 amide bonds. The van der Waals surface area contributed by atoms with Crippen LogP contribution in [0, 0.1) is 0 Å². The van der Waals surface area contributed by atoms with Crippen LogP contribution in [0.15, 0.2) is 0 Å². The third-order valence-corrected chi connectivity index (χ3v) is 5.17. The van der Waals surface area contributed by atoms with Crippen LogP contribution in [0.25, 0.3) is 0 Å². The molecule has 0 aliphatic carbocycles. The van der Waals surface area contributed by atoms with Gasteiger partial charge in [-0.2, -0.15) is 0 Å². The van der Waals surface area contributed by atoms with Gasteiger partial charge in [0.1, 0.15) is 0 Å². The molecule has 22 heavy (non-hydrogen) atoms. The van der Waals surface area contributed by atoms with Gasteiger partial charge in [0.05, 0.1) is 12.7 Å². The van der Waals surface area contributed by atoms with Gasteiger partial charge in [0, 0.05) is 56.9 Å². The SMILES string of the molecule is CC(C)(C)N1CCOC(CN2CCN(C(C)(C)C)CC2)CC1. The summed E-state index contributed by atoms with van der Waals surface area (Å²) in [6.07, 6.45) is 1.57. The topological polar surface area (TPSA) is 19.0 Å². The summed E-state index contributed by atoms with van der Waals surface area (Å²) in [5.41, 5.74) is 0.564. The molecule has 2 heterocycles. The smallest absolute Gasteiger partial charge is 0.0714 e. The highest BCUT2D eigenvalue weighted by Gasteiger charge is 2.29. The maximum atomic E-state index is 6.13. The van der Waals surface area contributed by atoms with Crippen LogP contribution in [0.2, 0.25) is 0 Å². The number of ether oxygens (including phenoxy) is 1. The van der Waals surface area contributed by atoms with Crippen molar-refractivity contribution >= 4 is 0 Å². The minimum Gasteiger partial charge on any atom is -0.376 e. The molecule has 130 valence electrons. The van der Waals surface area contributed by atoms with Crippen molar-refractivity contribution in [3.05, 3.63) is 0 Å². The summed E-state index contributed by atoms with van der Waals surface area (Å²) in [6.45, 7) is 22.8. The van der Waals surface area contributed by atoms with E-state index in [2.05, 4.69) is 56.2 Å². The van der Waals surface area contributed by atoms with Gasteiger partial charge < -0.3 is 4.74 Å². The van der Waals surface area contributed by atoms with Crippen molar-refractivity contribution in [2.45, 2.75) is 65.1 Å². The summed E-state index contributed by atoms with van der Waals surface area (Å²) in [5, 5.41) is 0. The first kappa shape index (κ1) is 18.2. The summed E-state index contributed by atoms with van der Waals surface area (Å²) in [4.78, 5) is 7.75. The molecule has 0 saturated carbocycles. The van der Waals surface area contributed by atoms with Crippen LogP contribution < -0.4 is 0 Å². The van der Waals surface area contributed by atoms with Gasteiger partial charge in [0.25, 0.3) is 0 Å². The highest BCUT2D eigenvalue weighted by Crippen LogP contribution is 2.19. The first-order valence-electron chi connectivity index (χ1n) is 9.00.